The molecule has 1 heterocycles. The van der Waals surface area contributed by atoms with Gasteiger partial charge >= 0.3 is 5.97 Å². The Morgan fingerprint density at radius 1 is 1.58 bits per heavy atom. The topological polar surface area (TPSA) is 151 Å². The monoisotopic (exact) mass is 334 g/mol. The number of carboxylic acid groups (broad SMARTS) is 1. The summed E-state index contributed by atoms with van der Waals surface area (Å²) < 4.78 is 4.87. The fourth-order valence-electron chi connectivity index (χ4n) is 1.95. The number of H-pyrrole nitrogens is 1. The molecule has 10 heteroatoms. The van der Waals surface area contributed by atoms with Crippen molar-refractivity contribution in [2.24, 2.45) is 4.99 Å². The summed E-state index contributed by atoms with van der Waals surface area (Å²) in [5, 5.41) is 30.1. The van der Waals surface area contributed by atoms with Crippen LogP contribution in [0.3, 0.4) is 0 Å². The van der Waals surface area contributed by atoms with Gasteiger partial charge in [0.05, 0.1) is 24.4 Å². The average Bonchev–Trinajstić information content (AvgIpc) is 3.05. The van der Waals surface area contributed by atoms with Gasteiger partial charge in [-0.05, 0) is 0 Å². The molecule has 126 valence electrons. The lowest BCUT2D eigenvalue weighted by Gasteiger charge is -2.08. The highest BCUT2D eigenvalue weighted by Gasteiger charge is 2.19. The Hall–Kier alpha value is -3.43. The molecule has 24 heavy (non-hydrogen) atoms. The molecule has 1 aromatic carbocycles. The lowest BCUT2D eigenvalue weighted by Crippen LogP contribution is -2.21. The number of phenols is 1. The minimum absolute atomic E-state index is 0.0167. The fourth-order valence-corrected chi connectivity index (χ4v) is 1.95. The number of aliphatic carboxylic acids is 1. The summed E-state index contributed by atoms with van der Waals surface area (Å²) in [5.41, 5.74) is 0.240. The quantitative estimate of drug-likeness (QED) is 0.390. The number of ether oxygens (including phenoxy) is 1. The first-order valence-corrected chi connectivity index (χ1v) is 6.71. The number of phenolic OH excluding ortho intramolecular Hbond substituents is 1. The van der Waals surface area contributed by atoms with Gasteiger partial charge in [-0.1, -0.05) is 0 Å². The van der Waals surface area contributed by atoms with Crippen LogP contribution < -0.4 is 4.74 Å². The molecule has 0 aliphatic carbocycles. The third-order valence-electron chi connectivity index (χ3n) is 3.17. The van der Waals surface area contributed by atoms with Crippen LogP contribution in [0.15, 0.2) is 29.6 Å². The van der Waals surface area contributed by atoms with E-state index in [0.29, 0.717) is 5.69 Å². The Labute approximate surface area is 135 Å². The predicted octanol–water partition coefficient (Wildman–Crippen LogP) is 1.15. The maximum Gasteiger partial charge on any atom is 0.328 e. The lowest BCUT2D eigenvalue weighted by molar-refractivity contribution is -0.385. The zero-order chi connectivity index (χ0) is 17.7. The second kappa shape index (κ2) is 7.22. The van der Waals surface area contributed by atoms with Crippen molar-refractivity contribution in [3.05, 3.63) is 46.0 Å². The van der Waals surface area contributed by atoms with Crippen molar-refractivity contribution in [3.63, 3.8) is 0 Å². The zero-order valence-corrected chi connectivity index (χ0v) is 12.5. The summed E-state index contributed by atoms with van der Waals surface area (Å²) in [6.45, 7) is 0. The minimum Gasteiger partial charge on any atom is -0.504 e. The van der Waals surface area contributed by atoms with Gasteiger partial charge in [-0.25, -0.2) is 9.78 Å². The summed E-state index contributed by atoms with van der Waals surface area (Å²) in [4.78, 5) is 32.0. The molecule has 3 N–H and O–H groups in total. The van der Waals surface area contributed by atoms with Crippen molar-refractivity contribution >= 4 is 17.9 Å². The van der Waals surface area contributed by atoms with Crippen LogP contribution in [0.25, 0.3) is 0 Å². The van der Waals surface area contributed by atoms with Gasteiger partial charge in [0.2, 0.25) is 0 Å². The summed E-state index contributed by atoms with van der Waals surface area (Å²) in [7, 11) is 1.25. The van der Waals surface area contributed by atoms with E-state index < -0.39 is 16.9 Å². The van der Waals surface area contributed by atoms with Crippen LogP contribution in [0.5, 0.6) is 11.5 Å². The van der Waals surface area contributed by atoms with E-state index in [0.717, 1.165) is 18.3 Å². The first kappa shape index (κ1) is 16.9. The number of nitrogens with one attached hydrogen (secondary N) is 1. The molecular weight excluding hydrogens is 320 g/mol. The van der Waals surface area contributed by atoms with Gasteiger partial charge in [0, 0.05) is 36.2 Å². The molecule has 10 nitrogen and oxygen atoms in total. The first-order chi connectivity index (χ1) is 11.4. The van der Waals surface area contributed by atoms with Crippen LogP contribution in [0, 0.1) is 10.1 Å². The zero-order valence-electron chi connectivity index (χ0n) is 12.5. The number of carbonyl (C=O) groups is 1. The van der Waals surface area contributed by atoms with Crippen molar-refractivity contribution in [3.8, 4) is 11.5 Å². The number of imidazole rings is 1. The predicted molar refractivity (Wildman–Crippen MR) is 82.6 cm³/mol. The number of hydrogen-bond donors (Lipinski definition) is 3. The smallest absolute Gasteiger partial charge is 0.328 e. The molecular formula is C14H14N4O6. The number of nitro groups is 1. The molecule has 0 unspecified atom stereocenters. The fraction of sp³-hybridized carbons (Fsp3) is 0.214. The Morgan fingerprint density at radius 3 is 2.88 bits per heavy atom. The van der Waals surface area contributed by atoms with Gasteiger partial charge in [-0.2, -0.15) is 0 Å². The normalized spacial score (nSPS) is 12.2. The van der Waals surface area contributed by atoms with Gasteiger partial charge in [-0.3, -0.25) is 15.1 Å². The number of rotatable bonds is 7. The number of aliphatic imine (C=N–C) groups is 1. The lowest BCUT2D eigenvalue weighted by atomic mass is 10.1. The highest BCUT2D eigenvalue weighted by Crippen LogP contribution is 2.33. The molecule has 0 bridgehead atoms. The third-order valence-corrected chi connectivity index (χ3v) is 3.17. The molecule has 0 radical (unpaired) electrons. The van der Waals surface area contributed by atoms with E-state index in [1.54, 1.807) is 0 Å². The van der Waals surface area contributed by atoms with Crippen molar-refractivity contribution in [1.82, 2.24) is 9.97 Å². The van der Waals surface area contributed by atoms with E-state index >= 15 is 0 Å². The van der Waals surface area contributed by atoms with Crippen LogP contribution in [0.4, 0.5) is 5.69 Å². The molecule has 2 rings (SSSR count). The van der Waals surface area contributed by atoms with Crippen molar-refractivity contribution in [2.45, 2.75) is 12.5 Å². The second-order valence-electron chi connectivity index (χ2n) is 4.76. The Bertz CT molecular complexity index is 772. The van der Waals surface area contributed by atoms with Gasteiger partial charge in [0.1, 0.15) is 0 Å². The minimum atomic E-state index is -1.18. The SMILES string of the molecule is COc1cc([N+](=O)[O-])cc(C=N[C@H](Cc2cnc[nH]2)C(=O)O)c1O. The molecule has 0 aliphatic heterocycles. The van der Waals surface area contributed by atoms with Gasteiger partial charge in [-0.15, -0.1) is 0 Å². The van der Waals surface area contributed by atoms with E-state index in [1.165, 1.54) is 19.6 Å². The number of aromatic nitrogens is 2. The summed E-state index contributed by atoms with van der Waals surface area (Å²) in [5.74, 6) is -1.65. The van der Waals surface area contributed by atoms with Crippen molar-refractivity contribution in [1.29, 1.82) is 0 Å². The molecule has 0 saturated heterocycles. The van der Waals surface area contributed by atoms with Gasteiger partial charge in [0.25, 0.3) is 5.69 Å². The number of non-ortho nitro benzene ring substituents is 1. The highest BCUT2D eigenvalue weighted by atomic mass is 16.6. The number of hydrogen-bond acceptors (Lipinski definition) is 7. The number of nitro benzene ring substituents is 1. The maximum absolute atomic E-state index is 11.3. The second-order valence-corrected chi connectivity index (χ2v) is 4.76. The highest BCUT2D eigenvalue weighted by molar-refractivity contribution is 5.88. The van der Waals surface area contributed by atoms with E-state index in [9.17, 15) is 25.1 Å². The van der Waals surface area contributed by atoms with Crippen molar-refractivity contribution in [2.75, 3.05) is 7.11 Å². The maximum atomic E-state index is 11.3. The van der Waals surface area contributed by atoms with Crippen LogP contribution in [-0.4, -0.2) is 50.4 Å². The van der Waals surface area contributed by atoms with Crippen LogP contribution in [0.1, 0.15) is 11.3 Å². The number of methoxy groups -OCH3 is 1. The first-order valence-electron chi connectivity index (χ1n) is 6.71. The number of benzene rings is 1. The largest absolute Gasteiger partial charge is 0.504 e. The Balaban J connectivity index is 2.32. The summed E-state index contributed by atoms with van der Waals surface area (Å²) >= 11 is 0. The molecule has 0 fully saturated rings. The molecule has 1 atom stereocenters. The van der Waals surface area contributed by atoms with E-state index in [2.05, 4.69) is 15.0 Å². The molecule has 0 spiro atoms. The van der Waals surface area contributed by atoms with Crippen molar-refractivity contribution < 1.29 is 24.7 Å². The van der Waals surface area contributed by atoms with Crippen LogP contribution >= 0.6 is 0 Å². The number of carboxylic acids is 1. The molecule has 1 aromatic heterocycles. The van der Waals surface area contributed by atoms with E-state index in [1.807, 2.05) is 0 Å². The van der Waals surface area contributed by atoms with Gasteiger partial charge in [0.15, 0.2) is 17.5 Å². The third kappa shape index (κ3) is 3.85. The van der Waals surface area contributed by atoms with Gasteiger partial charge < -0.3 is 19.9 Å². The Kier molecular flexibility index (Phi) is 5.09. The number of aromatic amines is 1. The van der Waals surface area contributed by atoms with Crippen LogP contribution in [-0.2, 0) is 11.2 Å². The standard InChI is InChI=1S/C14H14N4O6/c1-24-12-4-10(18(22)23)2-8(13(12)19)5-16-11(14(20)21)3-9-6-15-7-17-9/h2,4-7,11,19H,3H2,1H3,(H,15,17)(H,20,21)/t11-/m1/s1. The van der Waals surface area contributed by atoms with E-state index in [4.69, 9.17) is 4.74 Å². The summed E-state index contributed by atoms with van der Waals surface area (Å²) in [6, 6.07) is 0.998. The average molecular weight is 334 g/mol. The summed E-state index contributed by atoms with van der Waals surface area (Å²) in [6.07, 6.45) is 4.01. The number of nitrogens with zero attached hydrogens (tertiary/aromatic N) is 3. The molecule has 0 saturated carbocycles. The molecule has 0 amide bonds. The molecule has 0 aliphatic rings. The molecule has 2 aromatic rings. The Morgan fingerprint density at radius 2 is 2.33 bits per heavy atom. The van der Waals surface area contributed by atoms with E-state index in [-0.39, 0.29) is 29.2 Å². The number of aromatic hydroxyl groups is 1. The van der Waals surface area contributed by atoms with Crippen LogP contribution in [0.2, 0.25) is 0 Å².